The molecule has 7 nitrogen and oxygen atoms in total. The minimum atomic E-state index is -0.674. The van der Waals surface area contributed by atoms with Gasteiger partial charge in [0.05, 0.1) is 17.7 Å². The minimum Gasteiger partial charge on any atom is -0.486 e. The highest BCUT2D eigenvalue weighted by molar-refractivity contribution is 6.21. The Morgan fingerprint density at radius 2 is 1.52 bits per heavy atom. The Balaban J connectivity index is 1.28. The largest absolute Gasteiger partial charge is 0.486 e. The zero-order chi connectivity index (χ0) is 20.2. The van der Waals surface area contributed by atoms with Crippen molar-refractivity contribution in [2.45, 2.75) is 6.61 Å². The second-order valence-corrected chi connectivity index (χ2v) is 6.31. The van der Waals surface area contributed by atoms with Crippen molar-refractivity contribution in [3.8, 4) is 5.75 Å². The van der Waals surface area contributed by atoms with Crippen LogP contribution >= 0.6 is 0 Å². The number of nitrogens with zero attached hydrogens (tertiary/aromatic N) is 1. The Morgan fingerprint density at radius 1 is 0.862 bits per heavy atom. The van der Waals surface area contributed by atoms with E-state index in [1.165, 1.54) is 6.07 Å². The van der Waals surface area contributed by atoms with E-state index in [1.54, 1.807) is 30.3 Å². The average Bonchev–Trinajstić information content (AvgIpc) is 3.32. The molecule has 0 saturated heterocycles. The summed E-state index contributed by atoms with van der Waals surface area (Å²) >= 11 is 0. The zero-order valence-corrected chi connectivity index (χ0v) is 15.4. The fourth-order valence-electron chi connectivity index (χ4n) is 2.98. The monoisotopic (exact) mass is 391 g/mol. The van der Waals surface area contributed by atoms with Crippen LogP contribution in [0.1, 0.15) is 37.0 Å². The van der Waals surface area contributed by atoms with Crippen molar-refractivity contribution in [3.63, 3.8) is 0 Å². The van der Waals surface area contributed by atoms with Gasteiger partial charge in [-0.2, -0.15) is 0 Å². The Labute approximate surface area is 166 Å². The summed E-state index contributed by atoms with van der Waals surface area (Å²) < 4.78 is 16.1. The molecule has 0 atom stereocenters. The smallest absolute Gasteiger partial charge is 0.374 e. The van der Waals surface area contributed by atoms with Crippen molar-refractivity contribution in [2.75, 3.05) is 13.2 Å². The molecule has 0 bridgehead atoms. The fraction of sp³-hybridized carbons (Fsp3) is 0.136. The summed E-state index contributed by atoms with van der Waals surface area (Å²) in [6.07, 6.45) is 0. The number of fused-ring (bicyclic) bond motifs is 1. The van der Waals surface area contributed by atoms with Crippen LogP contribution in [-0.2, 0) is 11.3 Å². The number of ether oxygens (including phenoxy) is 2. The molecule has 0 spiro atoms. The van der Waals surface area contributed by atoms with Crippen molar-refractivity contribution in [3.05, 3.63) is 89.4 Å². The summed E-state index contributed by atoms with van der Waals surface area (Å²) in [5, 5.41) is 0. The van der Waals surface area contributed by atoms with Gasteiger partial charge in [0.25, 0.3) is 11.8 Å². The molecule has 1 aromatic heterocycles. The molecule has 0 aliphatic carbocycles. The second kappa shape index (κ2) is 8.02. The van der Waals surface area contributed by atoms with Gasteiger partial charge in [0.2, 0.25) is 5.76 Å². The van der Waals surface area contributed by atoms with Gasteiger partial charge >= 0.3 is 5.97 Å². The molecule has 2 amide bonds. The molecular weight excluding hydrogens is 374 g/mol. The van der Waals surface area contributed by atoms with E-state index < -0.39 is 5.97 Å². The molecule has 7 heteroatoms. The SMILES string of the molecule is O=C(OCCN1C(=O)c2ccccc2C1=O)c1ccc(COc2ccccc2)o1. The van der Waals surface area contributed by atoms with Crippen LogP contribution < -0.4 is 4.74 Å². The van der Waals surface area contributed by atoms with Gasteiger partial charge in [0.1, 0.15) is 24.7 Å². The summed E-state index contributed by atoms with van der Waals surface area (Å²) in [6, 6.07) is 18.9. The quantitative estimate of drug-likeness (QED) is 0.454. The molecule has 146 valence electrons. The topological polar surface area (TPSA) is 86.0 Å². The third-order valence-corrected chi connectivity index (χ3v) is 4.41. The number of carbonyl (C=O) groups is 3. The van der Waals surface area contributed by atoms with Crippen LogP contribution in [0.25, 0.3) is 0 Å². The molecule has 0 N–H and O–H groups in total. The van der Waals surface area contributed by atoms with Gasteiger partial charge in [-0.1, -0.05) is 30.3 Å². The van der Waals surface area contributed by atoms with E-state index in [-0.39, 0.29) is 37.3 Å². The summed E-state index contributed by atoms with van der Waals surface area (Å²) in [5.74, 6) is -0.262. The van der Waals surface area contributed by atoms with Crippen LogP contribution in [0.15, 0.2) is 71.1 Å². The number of furan rings is 1. The maximum Gasteiger partial charge on any atom is 0.374 e. The molecule has 2 aromatic carbocycles. The normalized spacial score (nSPS) is 12.8. The molecular formula is C22H17NO6. The molecule has 1 aliphatic rings. The second-order valence-electron chi connectivity index (χ2n) is 6.31. The van der Waals surface area contributed by atoms with Gasteiger partial charge in [-0.15, -0.1) is 0 Å². The van der Waals surface area contributed by atoms with E-state index in [4.69, 9.17) is 13.9 Å². The number of benzene rings is 2. The van der Waals surface area contributed by atoms with Crippen LogP contribution in [-0.4, -0.2) is 35.8 Å². The van der Waals surface area contributed by atoms with Gasteiger partial charge in [0.15, 0.2) is 0 Å². The number of esters is 1. The molecule has 0 fully saturated rings. The predicted octanol–water partition coefficient (Wildman–Crippen LogP) is 3.31. The minimum absolute atomic E-state index is 0.0250. The fourth-order valence-corrected chi connectivity index (χ4v) is 2.98. The van der Waals surface area contributed by atoms with Crippen molar-refractivity contribution in [1.29, 1.82) is 0 Å². The molecule has 3 aromatic rings. The first-order valence-corrected chi connectivity index (χ1v) is 9.02. The van der Waals surface area contributed by atoms with Gasteiger partial charge < -0.3 is 13.9 Å². The van der Waals surface area contributed by atoms with Crippen LogP contribution in [0.3, 0.4) is 0 Å². The molecule has 0 unspecified atom stereocenters. The summed E-state index contributed by atoms with van der Waals surface area (Å²) in [6.45, 7) is 0.0238. The van der Waals surface area contributed by atoms with Crippen LogP contribution in [0.2, 0.25) is 0 Å². The third-order valence-electron chi connectivity index (χ3n) is 4.41. The van der Waals surface area contributed by atoms with E-state index in [0.29, 0.717) is 22.6 Å². The van der Waals surface area contributed by atoms with E-state index >= 15 is 0 Å². The van der Waals surface area contributed by atoms with Crippen LogP contribution in [0.5, 0.6) is 5.75 Å². The first kappa shape index (κ1) is 18.5. The lowest BCUT2D eigenvalue weighted by molar-refractivity contribution is 0.0391. The van der Waals surface area contributed by atoms with E-state index in [9.17, 15) is 14.4 Å². The van der Waals surface area contributed by atoms with E-state index in [0.717, 1.165) is 4.90 Å². The Kier molecular flexibility index (Phi) is 5.11. The Bertz CT molecular complexity index is 1020. The number of rotatable bonds is 7. The summed E-state index contributed by atoms with van der Waals surface area (Å²) in [4.78, 5) is 37.8. The number of hydrogen-bond acceptors (Lipinski definition) is 6. The first-order valence-electron chi connectivity index (χ1n) is 9.02. The standard InChI is InChI=1S/C22H17NO6/c24-20-17-8-4-5-9-18(17)21(25)23(20)12-13-27-22(26)19-11-10-16(29-19)14-28-15-6-2-1-3-7-15/h1-11H,12-14H2. The number of hydrogen-bond donors (Lipinski definition) is 0. The van der Waals surface area contributed by atoms with Crippen molar-refractivity contribution in [2.24, 2.45) is 0 Å². The van der Waals surface area contributed by atoms with Crippen molar-refractivity contribution < 1.29 is 28.3 Å². The molecule has 2 heterocycles. The summed E-state index contributed by atoms with van der Waals surface area (Å²) in [7, 11) is 0. The van der Waals surface area contributed by atoms with Crippen molar-refractivity contribution in [1.82, 2.24) is 4.90 Å². The average molecular weight is 391 g/mol. The van der Waals surface area contributed by atoms with Crippen LogP contribution in [0, 0.1) is 0 Å². The molecule has 1 aliphatic heterocycles. The first-order chi connectivity index (χ1) is 14.1. The highest BCUT2D eigenvalue weighted by atomic mass is 16.5. The molecule has 0 radical (unpaired) electrons. The van der Waals surface area contributed by atoms with E-state index in [1.807, 2.05) is 30.3 Å². The lowest BCUT2D eigenvalue weighted by Crippen LogP contribution is -2.33. The summed E-state index contributed by atoms with van der Waals surface area (Å²) in [5.41, 5.74) is 0.718. The van der Waals surface area contributed by atoms with Gasteiger partial charge in [-0.25, -0.2) is 4.79 Å². The van der Waals surface area contributed by atoms with Gasteiger partial charge in [-0.3, -0.25) is 14.5 Å². The number of para-hydroxylation sites is 1. The third kappa shape index (κ3) is 3.89. The maximum atomic E-state index is 12.3. The lowest BCUT2D eigenvalue weighted by Gasteiger charge is -2.13. The predicted molar refractivity (Wildman–Crippen MR) is 102 cm³/mol. The lowest BCUT2D eigenvalue weighted by atomic mass is 10.1. The Hall–Kier alpha value is -3.87. The highest BCUT2D eigenvalue weighted by Crippen LogP contribution is 2.22. The number of carbonyl (C=O) groups excluding carboxylic acids is 3. The van der Waals surface area contributed by atoms with E-state index in [2.05, 4.69) is 0 Å². The molecule has 4 rings (SSSR count). The maximum absolute atomic E-state index is 12.3. The number of imide groups is 1. The Morgan fingerprint density at radius 3 is 2.21 bits per heavy atom. The van der Waals surface area contributed by atoms with Crippen molar-refractivity contribution >= 4 is 17.8 Å². The molecule has 0 saturated carbocycles. The highest BCUT2D eigenvalue weighted by Gasteiger charge is 2.34. The van der Waals surface area contributed by atoms with Gasteiger partial charge in [-0.05, 0) is 36.4 Å². The number of amides is 2. The molecule has 29 heavy (non-hydrogen) atoms. The van der Waals surface area contributed by atoms with Gasteiger partial charge in [0, 0.05) is 0 Å². The zero-order valence-electron chi connectivity index (χ0n) is 15.4. The van der Waals surface area contributed by atoms with Crippen LogP contribution in [0.4, 0.5) is 0 Å².